The van der Waals surface area contributed by atoms with Crippen molar-refractivity contribution in [3.8, 4) is 0 Å². The van der Waals surface area contributed by atoms with Gasteiger partial charge >= 0.3 is 0 Å². The minimum atomic E-state index is -0.118. The number of halogens is 1. The number of nitrogens with zero attached hydrogens (tertiary/aromatic N) is 2. The van der Waals surface area contributed by atoms with Crippen LogP contribution in [0.15, 0.2) is 29.3 Å². The zero-order valence-electron chi connectivity index (χ0n) is 11.1. The van der Waals surface area contributed by atoms with E-state index in [-0.39, 0.29) is 11.9 Å². The summed E-state index contributed by atoms with van der Waals surface area (Å²) in [6.07, 6.45) is 2.02. The van der Waals surface area contributed by atoms with E-state index < -0.39 is 0 Å². The zero-order chi connectivity index (χ0) is 14.3. The van der Waals surface area contributed by atoms with Gasteiger partial charge in [0.1, 0.15) is 0 Å². The van der Waals surface area contributed by atoms with Gasteiger partial charge in [-0.05, 0) is 24.1 Å². The molecule has 1 aromatic rings. The average Bonchev–Trinajstić information content (AvgIpc) is 2.37. The van der Waals surface area contributed by atoms with Gasteiger partial charge < -0.3 is 11.5 Å². The zero-order valence-corrected chi connectivity index (χ0v) is 11.8. The van der Waals surface area contributed by atoms with Crippen LogP contribution in [0.2, 0.25) is 5.02 Å². The van der Waals surface area contributed by atoms with E-state index in [0.717, 1.165) is 18.4 Å². The van der Waals surface area contributed by atoms with E-state index in [1.165, 1.54) is 4.90 Å². The van der Waals surface area contributed by atoms with Crippen molar-refractivity contribution < 1.29 is 0 Å². The Morgan fingerprint density at radius 2 is 1.95 bits per heavy atom. The molecule has 5 N–H and O–H groups in total. The Morgan fingerprint density at radius 3 is 2.47 bits per heavy atom. The minimum absolute atomic E-state index is 0.118. The third-order valence-corrected chi connectivity index (χ3v) is 2.86. The van der Waals surface area contributed by atoms with Crippen LogP contribution in [0.25, 0.3) is 0 Å². The lowest BCUT2D eigenvalue weighted by molar-refractivity contribution is 0.580. The first-order chi connectivity index (χ1) is 9.04. The molecule has 0 atom stereocenters. The molecule has 0 unspecified atom stereocenters. The van der Waals surface area contributed by atoms with Crippen LogP contribution in [-0.2, 0) is 6.54 Å². The van der Waals surface area contributed by atoms with Crippen molar-refractivity contribution in [3.63, 3.8) is 0 Å². The molecule has 0 fully saturated rings. The lowest BCUT2D eigenvalue weighted by atomic mass is 10.2. The molecular formula is C13H20ClN5. The van der Waals surface area contributed by atoms with Crippen LogP contribution < -0.4 is 11.5 Å². The fraction of sp³-hybridized carbons (Fsp3) is 0.385. The molecule has 0 aliphatic rings. The van der Waals surface area contributed by atoms with Gasteiger partial charge in [-0.1, -0.05) is 37.1 Å². The standard InChI is InChI=1S/C13H20ClN5/c1-2-3-8-18-13(17)19(12(15)16)9-10-4-6-11(14)7-5-10/h4-7H,2-3,8-9H2,1H3,(H3,15,16)(H2,17,18). The molecule has 19 heavy (non-hydrogen) atoms. The molecule has 0 aromatic heterocycles. The number of benzene rings is 1. The summed E-state index contributed by atoms with van der Waals surface area (Å²) >= 11 is 5.83. The summed E-state index contributed by atoms with van der Waals surface area (Å²) in [6.45, 7) is 3.14. The molecular weight excluding hydrogens is 262 g/mol. The highest BCUT2D eigenvalue weighted by molar-refractivity contribution is 6.30. The molecule has 0 amide bonds. The molecule has 1 aromatic carbocycles. The SMILES string of the molecule is CCCCN=C(N)N(Cc1ccc(Cl)cc1)C(=N)N. The lowest BCUT2D eigenvalue weighted by Crippen LogP contribution is -2.45. The third-order valence-electron chi connectivity index (χ3n) is 2.61. The maximum absolute atomic E-state index is 7.57. The molecule has 5 nitrogen and oxygen atoms in total. The van der Waals surface area contributed by atoms with E-state index in [2.05, 4.69) is 11.9 Å². The van der Waals surface area contributed by atoms with Gasteiger partial charge in [-0.25, -0.2) is 0 Å². The first-order valence-corrected chi connectivity index (χ1v) is 6.58. The summed E-state index contributed by atoms with van der Waals surface area (Å²) in [5.41, 5.74) is 12.4. The summed E-state index contributed by atoms with van der Waals surface area (Å²) < 4.78 is 0. The van der Waals surface area contributed by atoms with Crippen LogP contribution in [0.1, 0.15) is 25.3 Å². The summed E-state index contributed by atoms with van der Waals surface area (Å²) in [7, 11) is 0. The van der Waals surface area contributed by atoms with Crippen molar-refractivity contribution in [2.24, 2.45) is 16.5 Å². The number of nitrogens with two attached hydrogens (primary N) is 2. The second-order valence-electron chi connectivity index (χ2n) is 4.19. The van der Waals surface area contributed by atoms with E-state index in [1.807, 2.05) is 12.1 Å². The molecule has 0 saturated heterocycles. The van der Waals surface area contributed by atoms with Crippen LogP contribution in [0, 0.1) is 5.41 Å². The van der Waals surface area contributed by atoms with Crippen molar-refractivity contribution in [3.05, 3.63) is 34.9 Å². The Hall–Kier alpha value is -1.75. The van der Waals surface area contributed by atoms with Gasteiger partial charge in [-0.3, -0.25) is 15.3 Å². The highest BCUT2D eigenvalue weighted by Gasteiger charge is 2.11. The summed E-state index contributed by atoms with van der Waals surface area (Å²) in [5, 5.41) is 8.24. The Kier molecular flexibility index (Phi) is 6.15. The number of guanidine groups is 2. The smallest absolute Gasteiger partial charge is 0.198 e. The maximum atomic E-state index is 7.57. The van der Waals surface area contributed by atoms with E-state index in [9.17, 15) is 0 Å². The molecule has 0 saturated carbocycles. The summed E-state index contributed by atoms with van der Waals surface area (Å²) in [6, 6.07) is 7.33. The van der Waals surface area contributed by atoms with Gasteiger partial charge in [0.2, 0.25) is 0 Å². The second-order valence-corrected chi connectivity index (χ2v) is 4.63. The molecule has 0 aliphatic carbocycles. The molecule has 104 valence electrons. The maximum Gasteiger partial charge on any atom is 0.198 e. The van der Waals surface area contributed by atoms with Gasteiger partial charge in [0.05, 0.1) is 6.54 Å². The Balaban J connectivity index is 2.75. The van der Waals surface area contributed by atoms with E-state index in [1.54, 1.807) is 12.1 Å². The van der Waals surface area contributed by atoms with Gasteiger partial charge in [-0.15, -0.1) is 0 Å². The fourth-order valence-corrected chi connectivity index (χ4v) is 1.63. The average molecular weight is 282 g/mol. The van der Waals surface area contributed by atoms with E-state index >= 15 is 0 Å². The monoisotopic (exact) mass is 281 g/mol. The molecule has 0 heterocycles. The topological polar surface area (TPSA) is 91.5 Å². The van der Waals surface area contributed by atoms with Gasteiger partial charge in [0.15, 0.2) is 11.9 Å². The Bertz CT molecular complexity index is 441. The molecule has 0 radical (unpaired) electrons. The number of aliphatic imine (C=N–C) groups is 1. The number of rotatable bonds is 5. The van der Waals surface area contributed by atoms with Crippen molar-refractivity contribution in [1.82, 2.24) is 4.90 Å². The number of hydrogen-bond donors (Lipinski definition) is 3. The van der Waals surface area contributed by atoms with Crippen LogP contribution >= 0.6 is 11.6 Å². The van der Waals surface area contributed by atoms with Crippen LogP contribution in [-0.4, -0.2) is 23.4 Å². The van der Waals surface area contributed by atoms with Crippen LogP contribution in [0.4, 0.5) is 0 Å². The number of hydrogen-bond acceptors (Lipinski definition) is 2. The number of nitrogens with one attached hydrogen (secondary N) is 1. The lowest BCUT2D eigenvalue weighted by Gasteiger charge is -2.21. The Labute approximate surface area is 118 Å². The third kappa shape index (κ3) is 5.18. The highest BCUT2D eigenvalue weighted by atomic mass is 35.5. The summed E-state index contributed by atoms with van der Waals surface area (Å²) in [5.74, 6) is 0.156. The summed E-state index contributed by atoms with van der Waals surface area (Å²) in [4.78, 5) is 5.69. The predicted octanol–water partition coefficient (Wildman–Crippen LogP) is 2.15. The highest BCUT2D eigenvalue weighted by Crippen LogP contribution is 2.11. The van der Waals surface area contributed by atoms with E-state index in [0.29, 0.717) is 18.1 Å². The molecule has 0 bridgehead atoms. The van der Waals surface area contributed by atoms with Crippen molar-refractivity contribution >= 4 is 23.5 Å². The quantitative estimate of drug-likeness (QED) is 0.439. The second kappa shape index (κ2) is 7.63. The van der Waals surface area contributed by atoms with Gasteiger partial charge in [0, 0.05) is 11.6 Å². The van der Waals surface area contributed by atoms with Gasteiger partial charge in [0.25, 0.3) is 0 Å². The molecule has 1 rings (SSSR count). The van der Waals surface area contributed by atoms with Crippen molar-refractivity contribution in [2.75, 3.05) is 6.54 Å². The molecule has 0 aliphatic heterocycles. The first kappa shape index (κ1) is 15.3. The van der Waals surface area contributed by atoms with Crippen LogP contribution in [0.5, 0.6) is 0 Å². The Morgan fingerprint density at radius 1 is 1.32 bits per heavy atom. The fourth-order valence-electron chi connectivity index (χ4n) is 1.50. The van der Waals surface area contributed by atoms with Gasteiger partial charge in [-0.2, -0.15) is 0 Å². The van der Waals surface area contributed by atoms with Crippen molar-refractivity contribution in [1.29, 1.82) is 5.41 Å². The minimum Gasteiger partial charge on any atom is -0.370 e. The number of unbranched alkanes of at least 4 members (excludes halogenated alkanes) is 1. The largest absolute Gasteiger partial charge is 0.370 e. The van der Waals surface area contributed by atoms with Crippen LogP contribution in [0.3, 0.4) is 0 Å². The van der Waals surface area contributed by atoms with Crippen molar-refractivity contribution in [2.45, 2.75) is 26.3 Å². The first-order valence-electron chi connectivity index (χ1n) is 6.20. The van der Waals surface area contributed by atoms with E-state index in [4.69, 9.17) is 28.5 Å². The molecule has 0 spiro atoms. The molecule has 6 heteroatoms. The normalized spacial score (nSPS) is 11.4. The predicted molar refractivity (Wildman–Crippen MR) is 80.3 cm³/mol.